The highest BCUT2D eigenvalue weighted by molar-refractivity contribution is 6.30. The van der Waals surface area contributed by atoms with Gasteiger partial charge in [-0.15, -0.1) is 0 Å². The minimum atomic E-state index is -0.409. The first-order valence-corrected chi connectivity index (χ1v) is 12.8. The Hall–Kier alpha value is -2.61. The molecule has 8 heteroatoms. The first-order valence-electron chi connectivity index (χ1n) is 12.4. The molecule has 0 aliphatic carbocycles. The molecule has 2 aromatic rings. The second kappa shape index (κ2) is 8.50. The Morgan fingerprint density at radius 2 is 2.06 bits per heavy atom. The van der Waals surface area contributed by atoms with Crippen molar-refractivity contribution in [1.82, 2.24) is 4.90 Å². The molecule has 0 saturated carbocycles. The third-order valence-electron chi connectivity index (χ3n) is 7.97. The van der Waals surface area contributed by atoms with Gasteiger partial charge in [0.05, 0.1) is 30.1 Å². The van der Waals surface area contributed by atoms with Crippen molar-refractivity contribution in [2.75, 3.05) is 29.9 Å². The number of anilines is 2. The van der Waals surface area contributed by atoms with Gasteiger partial charge >= 0.3 is 0 Å². The monoisotopic (exact) mass is 495 g/mol. The fraction of sp³-hybridized carbons (Fsp3) is 0.481. The van der Waals surface area contributed by atoms with E-state index in [0.29, 0.717) is 10.7 Å². The lowest BCUT2D eigenvalue weighted by atomic mass is 9.72. The van der Waals surface area contributed by atoms with Crippen LogP contribution in [0.25, 0.3) is 0 Å². The number of hydrogen-bond donors (Lipinski definition) is 1. The van der Waals surface area contributed by atoms with Crippen molar-refractivity contribution in [2.24, 2.45) is 5.92 Å². The summed E-state index contributed by atoms with van der Waals surface area (Å²) in [5.74, 6) is 0.734. The number of amides is 2. The number of piperidine rings is 1. The zero-order valence-electron chi connectivity index (χ0n) is 20.0. The summed E-state index contributed by atoms with van der Waals surface area (Å²) in [6.45, 7) is 5.37. The number of ether oxygens (including phenoxy) is 2. The third-order valence-corrected chi connectivity index (χ3v) is 8.20. The number of para-hydroxylation sites is 2. The van der Waals surface area contributed by atoms with Crippen molar-refractivity contribution in [3.8, 4) is 5.75 Å². The molecule has 0 unspecified atom stereocenters. The van der Waals surface area contributed by atoms with Crippen LogP contribution in [0.15, 0.2) is 42.5 Å². The Morgan fingerprint density at radius 3 is 2.91 bits per heavy atom. The average molecular weight is 496 g/mol. The molecule has 0 radical (unpaired) electrons. The summed E-state index contributed by atoms with van der Waals surface area (Å²) < 4.78 is 13.2. The van der Waals surface area contributed by atoms with E-state index >= 15 is 0 Å². The second-order valence-corrected chi connectivity index (χ2v) is 11.0. The highest BCUT2D eigenvalue weighted by Gasteiger charge is 2.52. The molecule has 184 valence electrons. The Labute approximate surface area is 210 Å². The Balaban J connectivity index is 1.25. The van der Waals surface area contributed by atoms with Crippen LogP contribution in [0.4, 0.5) is 11.4 Å². The molecule has 0 spiro atoms. The Morgan fingerprint density at radius 1 is 1.23 bits per heavy atom. The predicted molar refractivity (Wildman–Crippen MR) is 134 cm³/mol. The summed E-state index contributed by atoms with van der Waals surface area (Å²) in [5.41, 5.74) is 2.04. The molecular formula is C27H30ClN3O4. The SMILES string of the molecule is CC1(C)Oc2ccc(Cl)cc2[C@H]2O[C@H]3CCCN(CC(=O)N4CC(=O)Nc5ccccc54)[C@H]3C[C@@H]21. The summed E-state index contributed by atoms with van der Waals surface area (Å²) in [7, 11) is 0. The van der Waals surface area contributed by atoms with E-state index < -0.39 is 5.60 Å². The molecule has 4 aliphatic rings. The van der Waals surface area contributed by atoms with Crippen LogP contribution in [-0.4, -0.2) is 54.1 Å². The van der Waals surface area contributed by atoms with Crippen molar-refractivity contribution in [3.05, 3.63) is 53.1 Å². The first kappa shape index (κ1) is 22.8. The van der Waals surface area contributed by atoms with E-state index in [4.69, 9.17) is 21.1 Å². The van der Waals surface area contributed by atoms with Gasteiger partial charge in [0.15, 0.2) is 0 Å². The van der Waals surface area contributed by atoms with Gasteiger partial charge in [-0.25, -0.2) is 0 Å². The fourth-order valence-electron chi connectivity index (χ4n) is 6.26. The standard InChI is InChI=1S/C27H30ClN3O4/c1-27(2)18-13-21-23(34-26(18)17-12-16(28)9-10-22(17)35-27)8-5-11-30(21)15-25(33)31-14-24(32)29-19-6-3-4-7-20(19)31/h3-4,6-7,9-10,12,18,21,23,26H,5,8,11,13-15H2,1-2H3,(H,29,32)/t18-,21-,23-,26+/m0/s1. The summed E-state index contributed by atoms with van der Waals surface area (Å²) in [6.07, 6.45) is 2.76. The van der Waals surface area contributed by atoms with Crippen LogP contribution in [0.1, 0.15) is 44.8 Å². The number of carbonyl (C=O) groups is 2. The number of hydrogen-bond acceptors (Lipinski definition) is 5. The average Bonchev–Trinajstić information content (AvgIpc) is 2.83. The van der Waals surface area contributed by atoms with Crippen LogP contribution in [0.2, 0.25) is 5.02 Å². The van der Waals surface area contributed by atoms with E-state index in [0.717, 1.165) is 42.8 Å². The lowest BCUT2D eigenvalue weighted by Crippen LogP contribution is -2.60. The molecule has 35 heavy (non-hydrogen) atoms. The van der Waals surface area contributed by atoms with E-state index in [2.05, 4.69) is 24.1 Å². The molecule has 4 heterocycles. The zero-order chi connectivity index (χ0) is 24.3. The highest BCUT2D eigenvalue weighted by Crippen LogP contribution is 2.52. The molecule has 4 atom stereocenters. The van der Waals surface area contributed by atoms with Gasteiger partial charge in [0.1, 0.15) is 17.9 Å². The Kier molecular flexibility index (Phi) is 5.55. The van der Waals surface area contributed by atoms with Crippen LogP contribution in [0, 0.1) is 5.92 Å². The molecule has 7 nitrogen and oxygen atoms in total. The number of halogens is 1. The van der Waals surface area contributed by atoms with Crippen LogP contribution < -0.4 is 15.0 Å². The van der Waals surface area contributed by atoms with Gasteiger partial charge in [-0.2, -0.15) is 0 Å². The predicted octanol–water partition coefficient (Wildman–Crippen LogP) is 4.41. The number of likely N-dealkylation sites (tertiary alicyclic amines) is 1. The first-order chi connectivity index (χ1) is 16.8. The van der Waals surface area contributed by atoms with Crippen LogP contribution >= 0.6 is 11.6 Å². The summed E-state index contributed by atoms with van der Waals surface area (Å²) in [5, 5.41) is 3.54. The number of fused-ring (bicyclic) bond motifs is 5. The molecule has 0 bridgehead atoms. The molecule has 2 fully saturated rings. The van der Waals surface area contributed by atoms with E-state index in [9.17, 15) is 9.59 Å². The topological polar surface area (TPSA) is 71.1 Å². The van der Waals surface area contributed by atoms with Gasteiger partial charge in [0.25, 0.3) is 0 Å². The minimum absolute atomic E-state index is 0.0375. The number of carbonyl (C=O) groups excluding carboxylic acids is 2. The maximum absolute atomic E-state index is 13.5. The van der Waals surface area contributed by atoms with Crippen LogP contribution in [-0.2, 0) is 14.3 Å². The molecule has 4 aliphatic heterocycles. The maximum Gasteiger partial charge on any atom is 0.244 e. The van der Waals surface area contributed by atoms with Gasteiger partial charge < -0.3 is 14.8 Å². The third kappa shape index (κ3) is 3.99. The Bertz CT molecular complexity index is 1180. The summed E-state index contributed by atoms with van der Waals surface area (Å²) in [6, 6.07) is 13.3. The number of nitrogens with zero attached hydrogens (tertiary/aromatic N) is 2. The molecular weight excluding hydrogens is 466 g/mol. The van der Waals surface area contributed by atoms with Gasteiger partial charge in [0.2, 0.25) is 11.8 Å². The lowest BCUT2D eigenvalue weighted by molar-refractivity contribution is -0.189. The van der Waals surface area contributed by atoms with E-state index in [1.54, 1.807) is 4.90 Å². The molecule has 6 rings (SSSR count). The molecule has 2 saturated heterocycles. The number of benzene rings is 2. The van der Waals surface area contributed by atoms with E-state index in [-0.39, 0.29) is 49.1 Å². The second-order valence-electron chi connectivity index (χ2n) is 10.6. The normalized spacial score (nSPS) is 29.1. The number of rotatable bonds is 2. The van der Waals surface area contributed by atoms with E-state index in [1.165, 1.54) is 0 Å². The van der Waals surface area contributed by atoms with Crippen molar-refractivity contribution in [3.63, 3.8) is 0 Å². The maximum atomic E-state index is 13.5. The molecule has 1 N–H and O–H groups in total. The molecule has 2 amide bonds. The number of nitrogens with one attached hydrogen (secondary N) is 1. The highest BCUT2D eigenvalue weighted by atomic mass is 35.5. The zero-order valence-corrected chi connectivity index (χ0v) is 20.8. The summed E-state index contributed by atoms with van der Waals surface area (Å²) >= 11 is 6.33. The van der Waals surface area contributed by atoms with Crippen molar-refractivity contribution < 1.29 is 19.1 Å². The van der Waals surface area contributed by atoms with Crippen molar-refractivity contribution in [1.29, 1.82) is 0 Å². The van der Waals surface area contributed by atoms with Crippen LogP contribution in [0.3, 0.4) is 0 Å². The van der Waals surface area contributed by atoms with Crippen LogP contribution in [0.5, 0.6) is 5.75 Å². The van der Waals surface area contributed by atoms with Crippen molar-refractivity contribution in [2.45, 2.75) is 57.0 Å². The van der Waals surface area contributed by atoms with Gasteiger partial charge in [-0.05, 0) is 70.0 Å². The van der Waals surface area contributed by atoms with Gasteiger partial charge in [-0.3, -0.25) is 19.4 Å². The largest absolute Gasteiger partial charge is 0.487 e. The van der Waals surface area contributed by atoms with Crippen molar-refractivity contribution >= 4 is 34.8 Å². The van der Waals surface area contributed by atoms with E-state index in [1.807, 2.05) is 42.5 Å². The molecule has 0 aromatic heterocycles. The quantitative estimate of drug-likeness (QED) is 0.668. The van der Waals surface area contributed by atoms with Gasteiger partial charge in [-0.1, -0.05) is 23.7 Å². The summed E-state index contributed by atoms with van der Waals surface area (Å²) in [4.78, 5) is 29.6. The fourth-order valence-corrected chi connectivity index (χ4v) is 6.44. The van der Waals surface area contributed by atoms with Gasteiger partial charge in [0, 0.05) is 22.5 Å². The smallest absolute Gasteiger partial charge is 0.244 e. The minimum Gasteiger partial charge on any atom is -0.487 e. The molecule has 2 aromatic carbocycles. The lowest BCUT2D eigenvalue weighted by Gasteiger charge is -2.54.